The van der Waals surface area contributed by atoms with Gasteiger partial charge in [0.05, 0.1) is 11.8 Å². The van der Waals surface area contributed by atoms with Gasteiger partial charge < -0.3 is 9.73 Å². The normalized spacial score (nSPS) is 9.81. The van der Waals surface area contributed by atoms with Crippen molar-refractivity contribution in [2.75, 3.05) is 5.32 Å². The molecule has 0 unspecified atom stereocenters. The van der Waals surface area contributed by atoms with Gasteiger partial charge in [0.1, 0.15) is 0 Å². The number of nitrogens with one attached hydrogen (secondary N) is 1. The largest absolute Gasteiger partial charge is 0.459 e. The molecule has 6 nitrogen and oxygen atoms in total. The molecule has 7 heteroatoms. The van der Waals surface area contributed by atoms with Gasteiger partial charge >= 0.3 is 0 Å². The fourth-order valence-corrected chi connectivity index (χ4v) is 2.40. The Morgan fingerprint density at radius 3 is 2.70 bits per heavy atom. The molecule has 2 aromatic heterocycles. The molecule has 132 valence electrons. The SMILES string of the molecule is Cc1ccoc1C(=O)Nc1cccc(C#Cc2cncc(C(=O)N=S)c2)c1. The van der Waals surface area contributed by atoms with E-state index in [4.69, 9.17) is 4.42 Å². The van der Waals surface area contributed by atoms with E-state index in [1.807, 2.05) is 6.07 Å². The summed E-state index contributed by atoms with van der Waals surface area (Å²) in [6, 6.07) is 10.4. The number of carbonyl (C=O) groups excluding carboxylic acids is 2. The molecular weight excluding hydrogens is 362 g/mol. The summed E-state index contributed by atoms with van der Waals surface area (Å²) in [7, 11) is 0. The van der Waals surface area contributed by atoms with Gasteiger partial charge in [0.2, 0.25) is 0 Å². The maximum atomic E-state index is 12.2. The predicted octanol–water partition coefficient (Wildman–Crippen LogP) is 3.51. The smallest absolute Gasteiger partial charge is 0.291 e. The fourth-order valence-electron chi connectivity index (χ4n) is 2.29. The standard InChI is InChI=1S/C20H13N3O3S/c1-13-7-8-26-18(13)20(25)22-17-4-2-3-14(10-17)5-6-15-9-16(12-21-11-15)19(24)23-27/h2-4,7-12H,1H3,(H,22,25). The Balaban J connectivity index is 1.78. The number of carbonyl (C=O) groups is 2. The van der Waals surface area contributed by atoms with Crippen molar-refractivity contribution >= 4 is 29.9 Å². The molecule has 0 saturated carbocycles. The van der Waals surface area contributed by atoms with E-state index in [0.29, 0.717) is 16.8 Å². The van der Waals surface area contributed by atoms with Gasteiger partial charge in [-0.15, -0.1) is 4.36 Å². The summed E-state index contributed by atoms with van der Waals surface area (Å²) in [6.45, 7) is 1.80. The minimum absolute atomic E-state index is 0.270. The average Bonchev–Trinajstić information content (AvgIpc) is 3.12. The number of anilines is 1. The van der Waals surface area contributed by atoms with Crippen LogP contribution in [0.4, 0.5) is 5.69 Å². The molecule has 0 fully saturated rings. The number of aromatic nitrogens is 1. The van der Waals surface area contributed by atoms with Gasteiger partial charge in [-0.25, -0.2) is 0 Å². The van der Waals surface area contributed by atoms with Crippen molar-refractivity contribution in [1.29, 1.82) is 0 Å². The molecule has 2 amide bonds. The van der Waals surface area contributed by atoms with E-state index in [0.717, 1.165) is 5.56 Å². The van der Waals surface area contributed by atoms with Gasteiger partial charge in [0.25, 0.3) is 11.8 Å². The van der Waals surface area contributed by atoms with E-state index in [1.54, 1.807) is 43.5 Å². The number of pyridine rings is 1. The zero-order valence-corrected chi connectivity index (χ0v) is 15.0. The molecular formula is C20H13N3O3S. The van der Waals surface area contributed by atoms with Crippen molar-refractivity contribution in [2.24, 2.45) is 4.36 Å². The van der Waals surface area contributed by atoms with Crippen LogP contribution >= 0.6 is 0 Å². The van der Waals surface area contributed by atoms with Crippen LogP contribution in [-0.2, 0) is 12.4 Å². The number of benzene rings is 1. The second-order valence-electron chi connectivity index (χ2n) is 5.58. The van der Waals surface area contributed by atoms with Crippen LogP contribution in [0.3, 0.4) is 0 Å². The Hall–Kier alpha value is -3.63. The third-order valence-corrected chi connectivity index (χ3v) is 3.77. The number of rotatable bonds is 3. The predicted molar refractivity (Wildman–Crippen MR) is 102 cm³/mol. The Morgan fingerprint density at radius 2 is 1.96 bits per heavy atom. The molecule has 1 N–H and O–H groups in total. The highest BCUT2D eigenvalue weighted by Gasteiger charge is 2.12. The van der Waals surface area contributed by atoms with Gasteiger partial charge in [-0.3, -0.25) is 14.6 Å². The summed E-state index contributed by atoms with van der Waals surface area (Å²) in [6.07, 6.45) is 4.40. The first-order valence-electron chi connectivity index (χ1n) is 7.87. The lowest BCUT2D eigenvalue weighted by Crippen LogP contribution is -2.12. The molecule has 3 rings (SSSR count). The number of amides is 2. The van der Waals surface area contributed by atoms with Gasteiger partial charge in [-0.2, -0.15) is 0 Å². The quantitative estimate of drug-likeness (QED) is 0.708. The van der Waals surface area contributed by atoms with E-state index in [9.17, 15) is 9.59 Å². The van der Waals surface area contributed by atoms with E-state index in [-0.39, 0.29) is 17.2 Å². The van der Waals surface area contributed by atoms with Gasteiger partial charge in [-0.05, 0) is 37.3 Å². The summed E-state index contributed by atoms with van der Waals surface area (Å²) in [4.78, 5) is 27.7. The average molecular weight is 375 g/mol. The van der Waals surface area contributed by atoms with Crippen LogP contribution in [0.15, 0.2) is 63.8 Å². The molecule has 0 spiro atoms. The van der Waals surface area contributed by atoms with Crippen LogP contribution < -0.4 is 5.32 Å². The summed E-state index contributed by atoms with van der Waals surface area (Å²) >= 11 is 4.40. The van der Waals surface area contributed by atoms with E-state index < -0.39 is 5.91 Å². The summed E-state index contributed by atoms with van der Waals surface area (Å²) < 4.78 is 8.38. The maximum Gasteiger partial charge on any atom is 0.291 e. The monoisotopic (exact) mass is 375 g/mol. The second kappa shape index (κ2) is 8.17. The Labute approximate surface area is 160 Å². The van der Waals surface area contributed by atoms with Crippen molar-refractivity contribution < 1.29 is 14.0 Å². The first-order valence-corrected chi connectivity index (χ1v) is 8.23. The maximum absolute atomic E-state index is 12.2. The molecule has 0 atom stereocenters. The first kappa shape index (κ1) is 18.2. The summed E-state index contributed by atoms with van der Waals surface area (Å²) in [5.74, 6) is 5.31. The van der Waals surface area contributed by atoms with Gasteiger partial charge in [-0.1, -0.05) is 17.9 Å². The van der Waals surface area contributed by atoms with Crippen LogP contribution in [-0.4, -0.2) is 16.8 Å². The van der Waals surface area contributed by atoms with E-state index in [2.05, 4.69) is 38.9 Å². The molecule has 0 bridgehead atoms. The van der Waals surface area contributed by atoms with Crippen molar-refractivity contribution in [3.8, 4) is 11.8 Å². The van der Waals surface area contributed by atoms with Crippen molar-refractivity contribution in [3.05, 3.63) is 83.1 Å². The van der Waals surface area contributed by atoms with Crippen molar-refractivity contribution in [3.63, 3.8) is 0 Å². The molecule has 0 radical (unpaired) electrons. The van der Waals surface area contributed by atoms with Crippen LogP contribution in [0.2, 0.25) is 0 Å². The second-order valence-corrected chi connectivity index (χ2v) is 5.76. The highest BCUT2D eigenvalue weighted by molar-refractivity contribution is 7.47. The third-order valence-electron chi connectivity index (χ3n) is 3.61. The molecule has 0 saturated heterocycles. The lowest BCUT2D eigenvalue weighted by atomic mass is 10.1. The number of furan rings is 1. The zero-order chi connectivity index (χ0) is 19.2. The number of aryl methyl sites for hydroxylation is 1. The number of hydrogen-bond acceptors (Lipinski definition) is 5. The van der Waals surface area contributed by atoms with E-state index in [1.165, 1.54) is 12.5 Å². The van der Waals surface area contributed by atoms with Crippen LogP contribution in [0.25, 0.3) is 0 Å². The molecule has 0 aliphatic heterocycles. The van der Waals surface area contributed by atoms with Crippen molar-refractivity contribution in [1.82, 2.24) is 4.98 Å². The minimum atomic E-state index is -0.529. The molecule has 0 aliphatic carbocycles. The lowest BCUT2D eigenvalue weighted by Gasteiger charge is -2.04. The highest BCUT2D eigenvalue weighted by Crippen LogP contribution is 2.14. The zero-order valence-electron chi connectivity index (χ0n) is 14.2. The highest BCUT2D eigenvalue weighted by atomic mass is 32.1. The van der Waals surface area contributed by atoms with Crippen LogP contribution in [0.1, 0.15) is 37.6 Å². The molecule has 2 heterocycles. The molecule has 1 aromatic carbocycles. The molecule has 3 aromatic rings. The number of nitrogens with zero attached hydrogens (tertiary/aromatic N) is 2. The Kier molecular flexibility index (Phi) is 5.50. The van der Waals surface area contributed by atoms with Crippen LogP contribution in [0, 0.1) is 18.8 Å². The van der Waals surface area contributed by atoms with E-state index >= 15 is 0 Å². The van der Waals surface area contributed by atoms with Gasteiger partial charge in [0, 0.05) is 47.2 Å². The van der Waals surface area contributed by atoms with Crippen molar-refractivity contribution in [2.45, 2.75) is 6.92 Å². The minimum Gasteiger partial charge on any atom is -0.459 e. The van der Waals surface area contributed by atoms with Gasteiger partial charge in [0.15, 0.2) is 5.76 Å². The lowest BCUT2D eigenvalue weighted by molar-refractivity contribution is 0.0991. The summed E-state index contributed by atoms with van der Waals surface area (Å²) in [5, 5.41) is 2.77. The topological polar surface area (TPSA) is 84.6 Å². The summed E-state index contributed by atoms with van der Waals surface area (Å²) in [5.41, 5.74) is 2.88. The Bertz CT molecular complexity index is 1090. The molecule has 0 aliphatic rings. The number of hydrogen-bond donors (Lipinski definition) is 1. The van der Waals surface area contributed by atoms with Crippen LogP contribution in [0.5, 0.6) is 0 Å². The third kappa shape index (κ3) is 4.51. The Morgan fingerprint density at radius 1 is 1.15 bits per heavy atom. The fraction of sp³-hybridized carbons (Fsp3) is 0.0500. The molecule has 27 heavy (non-hydrogen) atoms. The first-order chi connectivity index (χ1) is 13.1.